The Bertz CT molecular complexity index is 1400. The van der Waals surface area contributed by atoms with Crippen molar-refractivity contribution in [2.45, 2.75) is 0 Å². The molecule has 3 aromatic heterocycles. The van der Waals surface area contributed by atoms with E-state index >= 15 is 0 Å². The minimum Gasteiger partial charge on any atom is -0.360 e. The van der Waals surface area contributed by atoms with E-state index in [1.807, 2.05) is 72.9 Å². The maximum Gasteiger partial charge on any atom is 0.102 e. The largest absolute Gasteiger partial charge is 0.360 e. The van der Waals surface area contributed by atoms with Crippen molar-refractivity contribution in [3.63, 3.8) is 0 Å². The first kappa shape index (κ1) is 18.1. The Kier molecular flexibility index (Phi) is 4.51. The van der Waals surface area contributed by atoms with Crippen molar-refractivity contribution in [2.24, 2.45) is 0 Å². The number of nitrogens with one attached hydrogen (secondary N) is 1. The molecular weight excluding hydrogens is 392 g/mol. The van der Waals surface area contributed by atoms with Gasteiger partial charge in [0.05, 0.1) is 17.0 Å². The van der Waals surface area contributed by atoms with E-state index < -0.39 is 0 Å². The van der Waals surface area contributed by atoms with Crippen LogP contribution >= 0.6 is 11.6 Å². The highest BCUT2D eigenvalue weighted by atomic mass is 35.5. The lowest BCUT2D eigenvalue weighted by molar-refractivity contribution is 1.27. The summed E-state index contributed by atoms with van der Waals surface area (Å²) in [5.41, 5.74) is 6.41. The fourth-order valence-electron chi connectivity index (χ4n) is 3.64. The molecule has 0 bridgehead atoms. The van der Waals surface area contributed by atoms with E-state index in [9.17, 15) is 5.26 Å². The zero-order valence-electron chi connectivity index (χ0n) is 15.8. The smallest absolute Gasteiger partial charge is 0.102 e. The molecule has 4 nitrogen and oxygen atoms in total. The zero-order chi connectivity index (χ0) is 20.5. The number of fused-ring (bicyclic) bond motifs is 1. The molecule has 0 saturated carbocycles. The molecule has 0 atom stereocenters. The molecule has 30 heavy (non-hydrogen) atoms. The number of hydrogen-bond acceptors (Lipinski definition) is 3. The zero-order valence-corrected chi connectivity index (χ0v) is 16.6. The summed E-state index contributed by atoms with van der Waals surface area (Å²) in [7, 11) is 0. The van der Waals surface area contributed by atoms with Gasteiger partial charge in [0.2, 0.25) is 0 Å². The number of H-pyrrole nitrogens is 1. The maximum absolute atomic E-state index is 10.1. The lowest BCUT2D eigenvalue weighted by Crippen LogP contribution is -1.97. The number of nitrogens with zero attached hydrogens (tertiary/aromatic N) is 3. The SMILES string of the molecule is N#Cc1c(-c2ccc(Cl)cc2)cc(-c2cccnc2)nc1-c1c[nH]c2ccccc12. The molecule has 0 spiro atoms. The van der Waals surface area contributed by atoms with Crippen molar-refractivity contribution < 1.29 is 0 Å². The maximum atomic E-state index is 10.1. The van der Waals surface area contributed by atoms with Crippen LogP contribution in [-0.4, -0.2) is 15.0 Å². The fourth-order valence-corrected chi connectivity index (χ4v) is 3.77. The van der Waals surface area contributed by atoms with Crippen molar-refractivity contribution >= 4 is 22.5 Å². The van der Waals surface area contributed by atoms with Crippen LogP contribution in [-0.2, 0) is 0 Å². The Morgan fingerprint density at radius 2 is 1.73 bits per heavy atom. The van der Waals surface area contributed by atoms with Crippen molar-refractivity contribution in [1.29, 1.82) is 5.26 Å². The minimum atomic E-state index is 0.523. The molecular formula is C25H15ClN4. The van der Waals surface area contributed by atoms with Gasteiger partial charge < -0.3 is 4.98 Å². The predicted octanol–water partition coefficient (Wildman–Crippen LogP) is 6.48. The van der Waals surface area contributed by atoms with E-state index in [0.717, 1.165) is 38.9 Å². The van der Waals surface area contributed by atoms with Crippen LogP contribution in [0.3, 0.4) is 0 Å². The molecule has 1 N–H and O–H groups in total. The first-order valence-corrected chi connectivity index (χ1v) is 9.80. The van der Waals surface area contributed by atoms with E-state index in [2.05, 4.69) is 16.0 Å². The van der Waals surface area contributed by atoms with E-state index in [4.69, 9.17) is 16.6 Å². The number of rotatable bonds is 3. The Balaban J connectivity index is 1.84. The summed E-state index contributed by atoms with van der Waals surface area (Å²) in [5.74, 6) is 0. The number of benzene rings is 2. The second-order valence-corrected chi connectivity index (χ2v) is 7.32. The van der Waals surface area contributed by atoms with E-state index in [1.54, 1.807) is 12.4 Å². The topological polar surface area (TPSA) is 65.4 Å². The van der Waals surface area contributed by atoms with Crippen LogP contribution in [0.5, 0.6) is 0 Å². The van der Waals surface area contributed by atoms with Gasteiger partial charge in [-0.25, -0.2) is 4.98 Å². The van der Waals surface area contributed by atoms with Crippen LogP contribution in [0.2, 0.25) is 5.02 Å². The van der Waals surface area contributed by atoms with Gasteiger partial charge in [-0.1, -0.05) is 41.9 Å². The standard InChI is InChI=1S/C25H15ClN4/c26-18-9-7-16(8-10-18)20-12-24(17-4-3-11-28-14-17)30-25(21(20)13-27)22-15-29-23-6-2-1-5-19(22)23/h1-12,14-15,29H. The van der Waals surface area contributed by atoms with Crippen LogP contribution in [0.1, 0.15) is 5.56 Å². The van der Waals surface area contributed by atoms with Gasteiger partial charge in [-0.3, -0.25) is 4.98 Å². The molecule has 0 fully saturated rings. The molecule has 0 aliphatic heterocycles. The van der Waals surface area contributed by atoms with Crippen LogP contribution in [0, 0.1) is 11.3 Å². The van der Waals surface area contributed by atoms with Gasteiger partial charge in [-0.2, -0.15) is 5.26 Å². The number of aromatic amines is 1. The van der Waals surface area contributed by atoms with Gasteiger partial charge in [0.25, 0.3) is 0 Å². The van der Waals surface area contributed by atoms with Gasteiger partial charge in [0.1, 0.15) is 6.07 Å². The molecule has 0 aliphatic rings. The summed E-state index contributed by atoms with van der Waals surface area (Å²) in [4.78, 5) is 12.4. The normalized spacial score (nSPS) is 10.8. The second kappa shape index (κ2) is 7.47. The quantitative estimate of drug-likeness (QED) is 0.372. The predicted molar refractivity (Wildman–Crippen MR) is 120 cm³/mol. The van der Waals surface area contributed by atoms with Crippen molar-refractivity contribution in [2.75, 3.05) is 0 Å². The van der Waals surface area contributed by atoms with Crippen LogP contribution in [0.15, 0.2) is 85.3 Å². The first-order chi connectivity index (χ1) is 14.7. The molecule has 0 aliphatic carbocycles. The molecule has 5 aromatic rings. The van der Waals surface area contributed by atoms with Crippen LogP contribution in [0.25, 0.3) is 44.5 Å². The van der Waals surface area contributed by atoms with Gasteiger partial charge in [-0.05, 0) is 42.0 Å². The number of halogens is 1. The van der Waals surface area contributed by atoms with Crippen molar-refractivity contribution in [3.8, 4) is 39.7 Å². The Morgan fingerprint density at radius 3 is 2.50 bits per heavy atom. The highest BCUT2D eigenvalue weighted by molar-refractivity contribution is 6.30. The molecule has 0 unspecified atom stereocenters. The second-order valence-electron chi connectivity index (χ2n) is 6.89. The Labute approximate surface area is 178 Å². The molecule has 0 amide bonds. The van der Waals surface area contributed by atoms with Crippen molar-refractivity contribution in [3.05, 3.63) is 95.9 Å². The van der Waals surface area contributed by atoms with Gasteiger partial charge in [0, 0.05) is 51.2 Å². The van der Waals surface area contributed by atoms with E-state index in [1.165, 1.54) is 0 Å². The number of pyridine rings is 2. The third-order valence-corrected chi connectivity index (χ3v) is 5.34. The summed E-state index contributed by atoms with van der Waals surface area (Å²) in [6.45, 7) is 0. The minimum absolute atomic E-state index is 0.523. The highest BCUT2D eigenvalue weighted by Gasteiger charge is 2.19. The molecule has 0 radical (unpaired) electrons. The molecule has 2 aromatic carbocycles. The summed E-state index contributed by atoms with van der Waals surface area (Å²) >= 11 is 6.09. The first-order valence-electron chi connectivity index (χ1n) is 9.42. The van der Waals surface area contributed by atoms with Crippen LogP contribution in [0.4, 0.5) is 0 Å². The summed E-state index contributed by atoms with van der Waals surface area (Å²) in [5, 5.41) is 11.8. The van der Waals surface area contributed by atoms with E-state index in [0.29, 0.717) is 16.3 Å². The Hall–Kier alpha value is -3.94. The van der Waals surface area contributed by atoms with Crippen molar-refractivity contribution in [1.82, 2.24) is 15.0 Å². The molecule has 0 saturated heterocycles. The lowest BCUT2D eigenvalue weighted by Gasteiger charge is -2.13. The number of aromatic nitrogens is 3. The average molecular weight is 407 g/mol. The van der Waals surface area contributed by atoms with Crippen LogP contribution < -0.4 is 0 Å². The highest BCUT2D eigenvalue weighted by Crippen LogP contribution is 2.37. The average Bonchev–Trinajstić information content (AvgIpc) is 3.23. The monoisotopic (exact) mass is 406 g/mol. The third-order valence-electron chi connectivity index (χ3n) is 5.09. The molecule has 5 heteroatoms. The lowest BCUT2D eigenvalue weighted by atomic mass is 9.94. The number of nitriles is 1. The number of para-hydroxylation sites is 1. The van der Waals surface area contributed by atoms with Gasteiger partial charge in [-0.15, -0.1) is 0 Å². The summed E-state index contributed by atoms with van der Waals surface area (Å²) in [6, 6.07) is 23.7. The Morgan fingerprint density at radius 1 is 0.900 bits per heavy atom. The fraction of sp³-hybridized carbons (Fsp3) is 0. The molecule has 142 valence electrons. The molecule has 3 heterocycles. The summed E-state index contributed by atoms with van der Waals surface area (Å²) < 4.78 is 0. The number of hydrogen-bond donors (Lipinski definition) is 1. The third kappa shape index (κ3) is 3.12. The summed E-state index contributed by atoms with van der Waals surface area (Å²) in [6.07, 6.45) is 5.42. The van der Waals surface area contributed by atoms with Gasteiger partial charge >= 0.3 is 0 Å². The van der Waals surface area contributed by atoms with Gasteiger partial charge in [0.15, 0.2) is 0 Å². The molecule has 5 rings (SSSR count). The van der Waals surface area contributed by atoms with E-state index in [-0.39, 0.29) is 0 Å².